The molecule has 0 aliphatic carbocycles. The van der Waals surface area contributed by atoms with Crippen LogP contribution < -0.4 is 0 Å². The summed E-state index contributed by atoms with van der Waals surface area (Å²) >= 11 is 1.59. The zero-order valence-corrected chi connectivity index (χ0v) is 11.4. The van der Waals surface area contributed by atoms with Gasteiger partial charge in [0.15, 0.2) is 0 Å². The Morgan fingerprint density at radius 2 is 2.06 bits per heavy atom. The van der Waals surface area contributed by atoms with Crippen molar-refractivity contribution in [3.8, 4) is 0 Å². The molecule has 0 aliphatic rings. The number of carbonyl (C=O) groups excluding carboxylic acids is 1. The van der Waals surface area contributed by atoms with Crippen molar-refractivity contribution in [2.75, 3.05) is 5.75 Å². The molecule has 0 atom stereocenters. The minimum absolute atomic E-state index is 0.230. The van der Waals surface area contributed by atoms with Crippen LogP contribution in [0.4, 0.5) is 0 Å². The molecule has 0 radical (unpaired) electrons. The van der Waals surface area contributed by atoms with Crippen molar-refractivity contribution in [3.05, 3.63) is 47.8 Å². The maximum Gasteiger partial charge on any atom is 0.147 e. The third kappa shape index (κ3) is 3.74. The quantitative estimate of drug-likeness (QED) is 0.775. The zero-order valence-electron chi connectivity index (χ0n) is 10.6. The van der Waals surface area contributed by atoms with Crippen LogP contribution in [0.2, 0.25) is 0 Å². The van der Waals surface area contributed by atoms with Crippen LogP contribution in [-0.2, 0) is 18.3 Å². The third-order valence-corrected chi connectivity index (χ3v) is 3.65. The first-order chi connectivity index (χ1) is 8.63. The van der Waals surface area contributed by atoms with Gasteiger partial charge in [-0.3, -0.25) is 9.48 Å². The molecule has 2 aromatic rings. The van der Waals surface area contributed by atoms with Crippen LogP contribution in [0.3, 0.4) is 0 Å². The van der Waals surface area contributed by atoms with Crippen LogP contribution in [0.5, 0.6) is 0 Å². The summed E-state index contributed by atoms with van der Waals surface area (Å²) in [7, 11) is 1.86. The second-order valence-electron chi connectivity index (χ2n) is 4.34. The second kappa shape index (κ2) is 5.87. The van der Waals surface area contributed by atoms with Crippen LogP contribution in [0.1, 0.15) is 11.1 Å². The van der Waals surface area contributed by atoms with Gasteiger partial charge in [0.2, 0.25) is 0 Å². The number of hydrogen-bond acceptors (Lipinski definition) is 3. The molecule has 0 unspecified atom stereocenters. The fourth-order valence-electron chi connectivity index (χ4n) is 1.64. The Morgan fingerprint density at radius 3 is 2.67 bits per heavy atom. The molecule has 0 amide bonds. The predicted octanol–water partition coefficient (Wildman–Crippen LogP) is 2.63. The molecule has 94 valence electrons. The number of rotatable bonds is 5. The maximum absolute atomic E-state index is 11.8. The number of hydrogen-bond donors (Lipinski definition) is 0. The molecule has 1 aromatic carbocycles. The molecule has 0 saturated heterocycles. The lowest BCUT2D eigenvalue weighted by Gasteiger charge is -2.01. The predicted molar refractivity (Wildman–Crippen MR) is 73.8 cm³/mol. The van der Waals surface area contributed by atoms with E-state index in [9.17, 15) is 4.79 Å². The summed E-state index contributed by atoms with van der Waals surface area (Å²) in [5.74, 6) is 0.742. The van der Waals surface area contributed by atoms with Gasteiger partial charge in [-0.25, -0.2) is 0 Å². The molecular formula is C14H16N2OS. The van der Waals surface area contributed by atoms with Gasteiger partial charge in [0.05, 0.1) is 11.9 Å². The molecule has 0 spiro atoms. The molecule has 18 heavy (non-hydrogen) atoms. The molecule has 0 N–H and O–H groups in total. The van der Waals surface area contributed by atoms with Crippen LogP contribution in [-0.4, -0.2) is 21.3 Å². The Balaban J connectivity index is 1.83. The van der Waals surface area contributed by atoms with Gasteiger partial charge in [0, 0.05) is 24.6 Å². The van der Waals surface area contributed by atoms with Gasteiger partial charge >= 0.3 is 0 Å². The first-order valence-electron chi connectivity index (χ1n) is 5.82. The lowest BCUT2D eigenvalue weighted by atomic mass is 10.2. The Kier molecular flexibility index (Phi) is 4.20. The summed E-state index contributed by atoms with van der Waals surface area (Å²) in [5, 5.41) is 4.06. The number of ketones is 1. The van der Waals surface area contributed by atoms with E-state index < -0.39 is 0 Å². The van der Waals surface area contributed by atoms with E-state index in [4.69, 9.17) is 0 Å². The van der Waals surface area contributed by atoms with Gasteiger partial charge in [-0.15, -0.1) is 11.8 Å². The Labute approximate surface area is 111 Å². The van der Waals surface area contributed by atoms with Crippen molar-refractivity contribution in [1.29, 1.82) is 0 Å². The molecule has 0 saturated carbocycles. The fourth-order valence-corrected chi connectivity index (χ4v) is 2.40. The highest BCUT2D eigenvalue weighted by atomic mass is 32.2. The standard InChI is InChI=1S/C14H16N2OS/c1-11-3-5-14(6-4-11)18-10-13(17)7-12-8-15-16(2)9-12/h3-6,8-9H,7,10H2,1-2H3. The van der Waals surface area contributed by atoms with Crippen molar-refractivity contribution in [3.63, 3.8) is 0 Å². The van der Waals surface area contributed by atoms with Crippen molar-refractivity contribution >= 4 is 17.5 Å². The summed E-state index contributed by atoms with van der Waals surface area (Å²) in [6.07, 6.45) is 4.09. The average Bonchev–Trinajstić information content (AvgIpc) is 2.74. The number of aromatic nitrogens is 2. The Bertz CT molecular complexity index is 531. The number of thioether (sulfide) groups is 1. The van der Waals surface area contributed by atoms with E-state index in [1.54, 1.807) is 22.6 Å². The topological polar surface area (TPSA) is 34.9 Å². The average molecular weight is 260 g/mol. The van der Waals surface area contributed by atoms with Crippen molar-refractivity contribution in [2.24, 2.45) is 7.05 Å². The van der Waals surface area contributed by atoms with Gasteiger partial charge in [-0.2, -0.15) is 5.10 Å². The summed E-state index contributed by atoms with van der Waals surface area (Å²) < 4.78 is 1.72. The van der Waals surface area contributed by atoms with Gasteiger partial charge in [0.25, 0.3) is 0 Å². The smallest absolute Gasteiger partial charge is 0.147 e. The summed E-state index contributed by atoms with van der Waals surface area (Å²) in [6.45, 7) is 2.06. The SMILES string of the molecule is Cc1ccc(SCC(=O)Cc2cnn(C)c2)cc1. The van der Waals surface area contributed by atoms with E-state index in [0.717, 1.165) is 10.5 Å². The molecule has 0 bridgehead atoms. The molecular weight excluding hydrogens is 244 g/mol. The molecule has 1 aromatic heterocycles. The van der Waals surface area contributed by atoms with E-state index in [1.807, 2.05) is 13.2 Å². The van der Waals surface area contributed by atoms with E-state index in [0.29, 0.717) is 12.2 Å². The van der Waals surface area contributed by atoms with Gasteiger partial charge in [-0.1, -0.05) is 17.7 Å². The number of nitrogens with zero attached hydrogens (tertiary/aromatic N) is 2. The number of benzene rings is 1. The Hall–Kier alpha value is -1.55. The van der Waals surface area contributed by atoms with Gasteiger partial charge in [-0.05, 0) is 24.6 Å². The highest BCUT2D eigenvalue weighted by Crippen LogP contribution is 2.18. The molecule has 0 fully saturated rings. The Morgan fingerprint density at radius 1 is 1.33 bits per heavy atom. The largest absolute Gasteiger partial charge is 0.298 e. The molecule has 2 rings (SSSR count). The molecule has 1 heterocycles. The monoisotopic (exact) mass is 260 g/mol. The first kappa shape index (κ1) is 12.9. The van der Waals surface area contributed by atoms with E-state index in [-0.39, 0.29) is 5.78 Å². The van der Waals surface area contributed by atoms with Crippen molar-refractivity contribution in [1.82, 2.24) is 9.78 Å². The summed E-state index contributed by atoms with van der Waals surface area (Å²) in [4.78, 5) is 12.9. The van der Waals surface area contributed by atoms with E-state index >= 15 is 0 Å². The van der Waals surface area contributed by atoms with Crippen LogP contribution >= 0.6 is 11.8 Å². The third-order valence-electron chi connectivity index (χ3n) is 2.58. The summed E-state index contributed by atoms with van der Waals surface area (Å²) in [5.41, 5.74) is 2.22. The van der Waals surface area contributed by atoms with Gasteiger partial charge in [0.1, 0.15) is 5.78 Å². The second-order valence-corrected chi connectivity index (χ2v) is 5.39. The zero-order chi connectivity index (χ0) is 13.0. The number of aryl methyl sites for hydroxylation is 2. The van der Waals surface area contributed by atoms with Gasteiger partial charge < -0.3 is 0 Å². The van der Waals surface area contributed by atoms with Crippen molar-refractivity contribution in [2.45, 2.75) is 18.2 Å². The highest BCUT2D eigenvalue weighted by Gasteiger charge is 2.06. The highest BCUT2D eigenvalue weighted by molar-refractivity contribution is 8.00. The lowest BCUT2D eigenvalue weighted by molar-refractivity contribution is -0.116. The minimum atomic E-state index is 0.230. The van der Waals surface area contributed by atoms with Crippen molar-refractivity contribution < 1.29 is 4.79 Å². The molecule has 0 aliphatic heterocycles. The normalized spacial score (nSPS) is 10.6. The fraction of sp³-hybridized carbons (Fsp3) is 0.286. The molecule has 4 heteroatoms. The first-order valence-corrected chi connectivity index (χ1v) is 6.81. The molecule has 3 nitrogen and oxygen atoms in total. The number of carbonyl (C=O) groups is 1. The summed E-state index contributed by atoms with van der Waals surface area (Å²) in [6, 6.07) is 8.23. The van der Waals surface area contributed by atoms with Crippen LogP contribution in [0.25, 0.3) is 0 Å². The van der Waals surface area contributed by atoms with E-state index in [2.05, 4.69) is 36.3 Å². The lowest BCUT2D eigenvalue weighted by Crippen LogP contribution is -2.04. The van der Waals surface area contributed by atoms with E-state index in [1.165, 1.54) is 5.56 Å². The number of Topliss-reactive ketones (excluding diaryl/α,β-unsaturated/α-hetero) is 1. The van der Waals surface area contributed by atoms with Crippen LogP contribution in [0, 0.1) is 6.92 Å². The minimum Gasteiger partial charge on any atom is -0.298 e. The van der Waals surface area contributed by atoms with Crippen LogP contribution in [0.15, 0.2) is 41.6 Å². The maximum atomic E-state index is 11.8.